The van der Waals surface area contributed by atoms with Crippen LogP contribution in [0.2, 0.25) is 0 Å². The Morgan fingerprint density at radius 3 is 2.81 bits per heavy atom. The van der Waals surface area contributed by atoms with Crippen LogP contribution in [0.1, 0.15) is 26.2 Å². The molecule has 1 heterocycles. The van der Waals surface area contributed by atoms with Gasteiger partial charge in [-0.3, -0.25) is 9.69 Å². The van der Waals surface area contributed by atoms with Gasteiger partial charge in [-0.05, 0) is 25.2 Å². The molecule has 0 spiro atoms. The Kier molecular flexibility index (Phi) is 5.18. The standard InChI is InChI=1S/C11H23N3O2/c1-2-10(15)4-8-3-9(12)6-14(5-8)7-11(13)16/h8-10,15H,2-7,12H2,1H3,(H2,13,16). The highest BCUT2D eigenvalue weighted by atomic mass is 16.3. The molecule has 1 fully saturated rings. The second-order valence-electron chi connectivity index (χ2n) is 4.82. The molecule has 0 aromatic rings. The second-order valence-corrected chi connectivity index (χ2v) is 4.82. The molecule has 0 aromatic carbocycles. The molecule has 1 amide bonds. The summed E-state index contributed by atoms with van der Waals surface area (Å²) < 4.78 is 0. The first-order valence-electron chi connectivity index (χ1n) is 5.95. The van der Waals surface area contributed by atoms with Crippen molar-refractivity contribution < 1.29 is 9.90 Å². The topological polar surface area (TPSA) is 92.6 Å². The first-order valence-corrected chi connectivity index (χ1v) is 5.95. The smallest absolute Gasteiger partial charge is 0.231 e. The van der Waals surface area contributed by atoms with Gasteiger partial charge in [-0.25, -0.2) is 0 Å². The van der Waals surface area contributed by atoms with Crippen LogP contribution >= 0.6 is 0 Å². The Morgan fingerprint density at radius 1 is 1.56 bits per heavy atom. The van der Waals surface area contributed by atoms with E-state index in [-0.39, 0.29) is 24.6 Å². The molecule has 3 atom stereocenters. The van der Waals surface area contributed by atoms with Crippen molar-refractivity contribution >= 4 is 5.91 Å². The van der Waals surface area contributed by atoms with Gasteiger partial charge in [0.15, 0.2) is 0 Å². The Labute approximate surface area is 96.8 Å². The number of piperidine rings is 1. The minimum absolute atomic E-state index is 0.0853. The number of hydrogen-bond acceptors (Lipinski definition) is 4. The van der Waals surface area contributed by atoms with E-state index in [1.165, 1.54) is 0 Å². The van der Waals surface area contributed by atoms with Crippen LogP contribution in [-0.2, 0) is 4.79 Å². The minimum atomic E-state index is -0.316. The van der Waals surface area contributed by atoms with Gasteiger partial charge in [0.25, 0.3) is 0 Å². The Balaban J connectivity index is 2.44. The van der Waals surface area contributed by atoms with E-state index in [1.807, 2.05) is 11.8 Å². The van der Waals surface area contributed by atoms with E-state index in [4.69, 9.17) is 11.5 Å². The van der Waals surface area contributed by atoms with Gasteiger partial charge in [0.1, 0.15) is 0 Å². The zero-order valence-corrected chi connectivity index (χ0v) is 9.93. The Morgan fingerprint density at radius 2 is 2.25 bits per heavy atom. The highest BCUT2D eigenvalue weighted by Crippen LogP contribution is 2.21. The van der Waals surface area contributed by atoms with E-state index < -0.39 is 0 Å². The predicted molar refractivity (Wildman–Crippen MR) is 62.6 cm³/mol. The molecule has 0 radical (unpaired) electrons. The number of primary amides is 1. The first kappa shape index (κ1) is 13.4. The van der Waals surface area contributed by atoms with Crippen molar-refractivity contribution in [1.29, 1.82) is 0 Å². The lowest BCUT2D eigenvalue weighted by atomic mass is 9.89. The van der Waals surface area contributed by atoms with Crippen molar-refractivity contribution in [3.05, 3.63) is 0 Å². The number of amides is 1. The number of likely N-dealkylation sites (tertiary alicyclic amines) is 1. The fraction of sp³-hybridized carbons (Fsp3) is 0.909. The van der Waals surface area contributed by atoms with Crippen LogP contribution in [0.4, 0.5) is 0 Å². The van der Waals surface area contributed by atoms with Crippen molar-refractivity contribution in [2.24, 2.45) is 17.4 Å². The molecule has 0 saturated carbocycles. The molecule has 94 valence electrons. The number of carbonyl (C=O) groups excluding carboxylic acids is 1. The second kappa shape index (κ2) is 6.18. The van der Waals surface area contributed by atoms with Gasteiger partial charge in [0.05, 0.1) is 12.6 Å². The number of aliphatic hydroxyl groups excluding tert-OH is 1. The highest BCUT2D eigenvalue weighted by molar-refractivity contribution is 5.75. The van der Waals surface area contributed by atoms with Gasteiger partial charge < -0.3 is 16.6 Å². The number of hydrogen-bond donors (Lipinski definition) is 3. The molecule has 1 rings (SSSR count). The summed E-state index contributed by atoms with van der Waals surface area (Å²) in [7, 11) is 0. The molecule has 16 heavy (non-hydrogen) atoms. The monoisotopic (exact) mass is 229 g/mol. The van der Waals surface area contributed by atoms with E-state index in [2.05, 4.69) is 0 Å². The van der Waals surface area contributed by atoms with Crippen molar-refractivity contribution in [3.63, 3.8) is 0 Å². The molecule has 3 unspecified atom stereocenters. The summed E-state index contributed by atoms with van der Waals surface area (Å²) in [6.07, 6.45) is 2.19. The van der Waals surface area contributed by atoms with Gasteiger partial charge in [-0.1, -0.05) is 6.92 Å². The van der Waals surface area contributed by atoms with E-state index in [0.29, 0.717) is 5.92 Å². The van der Waals surface area contributed by atoms with Crippen molar-refractivity contribution in [3.8, 4) is 0 Å². The van der Waals surface area contributed by atoms with Crippen LogP contribution in [0.5, 0.6) is 0 Å². The molecule has 1 aliphatic rings. The molecular formula is C11H23N3O2. The van der Waals surface area contributed by atoms with Crippen LogP contribution < -0.4 is 11.5 Å². The van der Waals surface area contributed by atoms with Crippen LogP contribution in [0.15, 0.2) is 0 Å². The highest BCUT2D eigenvalue weighted by Gasteiger charge is 2.26. The third-order valence-corrected chi connectivity index (χ3v) is 3.10. The van der Waals surface area contributed by atoms with E-state index in [0.717, 1.165) is 32.4 Å². The average molecular weight is 229 g/mol. The molecule has 1 saturated heterocycles. The number of aliphatic hydroxyl groups is 1. The van der Waals surface area contributed by atoms with Crippen molar-refractivity contribution in [2.45, 2.75) is 38.3 Å². The molecule has 0 aliphatic carbocycles. The zero-order valence-electron chi connectivity index (χ0n) is 9.93. The summed E-state index contributed by atoms with van der Waals surface area (Å²) in [5.41, 5.74) is 11.1. The zero-order chi connectivity index (χ0) is 12.1. The lowest BCUT2D eigenvalue weighted by molar-refractivity contribution is -0.119. The molecule has 0 bridgehead atoms. The number of carbonyl (C=O) groups is 1. The lowest BCUT2D eigenvalue weighted by Crippen LogP contribution is -2.50. The van der Waals surface area contributed by atoms with Crippen molar-refractivity contribution in [2.75, 3.05) is 19.6 Å². The van der Waals surface area contributed by atoms with Gasteiger partial charge >= 0.3 is 0 Å². The van der Waals surface area contributed by atoms with Crippen LogP contribution in [0, 0.1) is 5.92 Å². The molecule has 5 nitrogen and oxygen atoms in total. The number of rotatable bonds is 5. The Hall–Kier alpha value is -0.650. The molecule has 1 aliphatic heterocycles. The third-order valence-electron chi connectivity index (χ3n) is 3.10. The third kappa shape index (κ3) is 4.47. The van der Waals surface area contributed by atoms with Crippen LogP contribution in [0.25, 0.3) is 0 Å². The predicted octanol–water partition coefficient (Wildman–Crippen LogP) is -0.718. The quantitative estimate of drug-likeness (QED) is 0.580. The summed E-state index contributed by atoms with van der Waals surface area (Å²) in [4.78, 5) is 12.8. The molecule has 5 heteroatoms. The molecular weight excluding hydrogens is 206 g/mol. The van der Waals surface area contributed by atoms with Gasteiger partial charge in [0.2, 0.25) is 5.91 Å². The normalized spacial score (nSPS) is 28.9. The summed E-state index contributed by atoms with van der Waals surface area (Å²) in [6.45, 7) is 3.77. The SMILES string of the molecule is CCC(O)CC1CC(N)CN(CC(N)=O)C1. The summed E-state index contributed by atoms with van der Waals surface area (Å²) in [6, 6.07) is 0.0853. The van der Waals surface area contributed by atoms with Gasteiger partial charge in [-0.15, -0.1) is 0 Å². The fourth-order valence-corrected chi connectivity index (χ4v) is 2.42. The van der Waals surface area contributed by atoms with Gasteiger partial charge in [-0.2, -0.15) is 0 Å². The van der Waals surface area contributed by atoms with Gasteiger partial charge in [0, 0.05) is 19.1 Å². The minimum Gasteiger partial charge on any atom is -0.393 e. The Bertz CT molecular complexity index is 235. The van der Waals surface area contributed by atoms with E-state index in [9.17, 15) is 9.90 Å². The molecule has 5 N–H and O–H groups in total. The van der Waals surface area contributed by atoms with E-state index in [1.54, 1.807) is 0 Å². The maximum Gasteiger partial charge on any atom is 0.231 e. The lowest BCUT2D eigenvalue weighted by Gasteiger charge is -2.36. The number of nitrogens with two attached hydrogens (primary N) is 2. The first-order chi connectivity index (χ1) is 7.51. The molecule has 0 aromatic heterocycles. The summed E-state index contributed by atoms with van der Waals surface area (Å²) in [5, 5.41) is 9.61. The van der Waals surface area contributed by atoms with Crippen LogP contribution in [-0.4, -0.2) is 47.7 Å². The number of nitrogens with zero attached hydrogens (tertiary/aromatic N) is 1. The summed E-state index contributed by atoms with van der Waals surface area (Å²) in [5.74, 6) is 0.0574. The maximum absolute atomic E-state index is 10.8. The van der Waals surface area contributed by atoms with E-state index >= 15 is 0 Å². The van der Waals surface area contributed by atoms with Crippen LogP contribution in [0.3, 0.4) is 0 Å². The largest absolute Gasteiger partial charge is 0.393 e. The van der Waals surface area contributed by atoms with Crippen molar-refractivity contribution in [1.82, 2.24) is 4.90 Å². The maximum atomic E-state index is 10.8. The fourth-order valence-electron chi connectivity index (χ4n) is 2.42. The summed E-state index contributed by atoms with van der Waals surface area (Å²) >= 11 is 0. The average Bonchev–Trinajstić information content (AvgIpc) is 2.15.